The van der Waals surface area contributed by atoms with Gasteiger partial charge in [-0.2, -0.15) is 0 Å². The summed E-state index contributed by atoms with van der Waals surface area (Å²) in [4.78, 5) is 6.96. The Bertz CT molecular complexity index is 370. The van der Waals surface area contributed by atoms with Gasteiger partial charge in [0.1, 0.15) is 0 Å². The molecule has 1 saturated heterocycles. The topological polar surface area (TPSA) is 37.4 Å². The van der Waals surface area contributed by atoms with Crippen molar-refractivity contribution in [3.8, 4) is 5.88 Å². The summed E-state index contributed by atoms with van der Waals surface area (Å²) in [6.45, 7) is 6.53. The largest absolute Gasteiger partial charge is 0.481 e. The van der Waals surface area contributed by atoms with Crippen LogP contribution in [-0.2, 0) is 6.54 Å². The molecule has 1 aromatic heterocycles. The molecule has 1 atom stereocenters. The molecule has 2 rings (SSSR count). The molecule has 1 aromatic rings. The third-order valence-corrected chi connectivity index (χ3v) is 3.43. The van der Waals surface area contributed by atoms with Crippen LogP contribution in [0.1, 0.15) is 25.5 Å². The second-order valence-corrected chi connectivity index (χ2v) is 4.82. The zero-order valence-electron chi connectivity index (χ0n) is 11.4. The summed E-state index contributed by atoms with van der Waals surface area (Å²) in [6.07, 6.45) is 2.39. The van der Waals surface area contributed by atoms with Gasteiger partial charge in [0.25, 0.3) is 0 Å². The lowest BCUT2D eigenvalue weighted by molar-refractivity contribution is 0.253. The predicted molar refractivity (Wildman–Crippen MR) is 72.8 cm³/mol. The molecule has 1 aliphatic heterocycles. The van der Waals surface area contributed by atoms with E-state index < -0.39 is 0 Å². The van der Waals surface area contributed by atoms with Crippen molar-refractivity contribution >= 4 is 0 Å². The molecular formula is C14H23N3O. The summed E-state index contributed by atoms with van der Waals surface area (Å²) in [6, 6.07) is 6.58. The Hall–Kier alpha value is -1.13. The molecule has 0 saturated carbocycles. The standard InChI is InChI=1S/C14H23N3O/c1-3-12-10-17(9-5-8-15-12)11-13-6-4-7-14(16-13)18-2/h4,6-7,12,15H,3,5,8-11H2,1-2H3. The highest BCUT2D eigenvalue weighted by Gasteiger charge is 2.16. The van der Waals surface area contributed by atoms with Crippen LogP contribution in [0.2, 0.25) is 0 Å². The minimum atomic E-state index is 0.609. The number of rotatable bonds is 4. The first kappa shape index (κ1) is 13.3. The van der Waals surface area contributed by atoms with Crippen LogP contribution in [0.15, 0.2) is 18.2 Å². The third kappa shape index (κ3) is 3.68. The van der Waals surface area contributed by atoms with E-state index in [0.29, 0.717) is 11.9 Å². The maximum Gasteiger partial charge on any atom is 0.213 e. The molecule has 1 N–H and O–H groups in total. The summed E-state index contributed by atoms with van der Waals surface area (Å²) in [5.41, 5.74) is 1.09. The van der Waals surface area contributed by atoms with Gasteiger partial charge in [-0.1, -0.05) is 13.0 Å². The highest BCUT2D eigenvalue weighted by molar-refractivity contribution is 5.15. The molecule has 1 unspecified atom stereocenters. The molecule has 2 heterocycles. The van der Waals surface area contributed by atoms with E-state index in [-0.39, 0.29) is 0 Å². The number of aromatic nitrogens is 1. The van der Waals surface area contributed by atoms with Crippen molar-refractivity contribution in [2.45, 2.75) is 32.4 Å². The lowest BCUT2D eigenvalue weighted by Crippen LogP contribution is -2.36. The van der Waals surface area contributed by atoms with E-state index in [4.69, 9.17) is 4.74 Å². The maximum absolute atomic E-state index is 5.17. The first-order chi connectivity index (χ1) is 8.81. The van der Waals surface area contributed by atoms with Gasteiger partial charge in [0.15, 0.2) is 0 Å². The van der Waals surface area contributed by atoms with Gasteiger partial charge in [-0.25, -0.2) is 4.98 Å². The van der Waals surface area contributed by atoms with Crippen molar-refractivity contribution in [3.05, 3.63) is 23.9 Å². The van der Waals surface area contributed by atoms with E-state index >= 15 is 0 Å². The van der Waals surface area contributed by atoms with Gasteiger partial charge in [-0.15, -0.1) is 0 Å². The van der Waals surface area contributed by atoms with Gasteiger partial charge in [0.05, 0.1) is 12.8 Å². The molecule has 0 aromatic carbocycles. The molecule has 0 amide bonds. The molecule has 0 radical (unpaired) electrons. The van der Waals surface area contributed by atoms with Gasteiger partial charge in [-0.05, 0) is 32.0 Å². The minimum Gasteiger partial charge on any atom is -0.481 e. The van der Waals surface area contributed by atoms with Gasteiger partial charge in [-0.3, -0.25) is 4.90 Å². The fourth-order valence-corrected chi connectivity index (χ4v) is 2.38. The number of ether oxygens (including phenoxy) is 1. The number of nitrogens with zero attached hydrogens (tertiary/aromatic N) is 2. The Labute approximate surface area is 109 Å². The number of methoxy groups -OCH3 is 1. The maximum atomic E-state index is 5.17. The van der Waals surface area contributed by atoms with Gasteiger partial charge < -0.3 is 10.1 Å². The van der Waals surface area contributed by atoms with Crippen LogP contribution in [0.4, 0.5) is 0 Å². The second kappa shape index (κ2) is 6.71. The smallest absolute Gasteiger partial charge is 0.213 e. The average Bonchev–Trinajstić information content (AvgIpc) is 2.64. The molecule has 1 aliphatic rings. The normalized spacial score (nSPS) is 21.6. The summed E-state index contributed by atoms with van der Waals surface area (Å²) in [5, 5.41) is 3.58. The molecule has 1 fully saturated rings. The van der Waals surface area contributed by atoms with Crippen LogP contribution >= 0.6 is 0 Å². The number of hydrogen-bond acceptors (Lipinski definition) is 4. The molecule has 4 heteroatoms. The van der Waals surface area contributed by atoms with Crippen molar-refractivity contribution in [3.63, 3.8) is 0 Å². The van der Waals surface area contributed by atoms with Crippen LogP contribution in [0.5, 0.6) is 5.88 Å². The van der Waals surface area contributed by atoms with Crippen LogP contribution in [0, 0.1) is 0 Å². The minimum absolute atomic E-state index is 0.609. The summed E-state index contributed by atoms with van der Waals surface area (Å²) >= 11 is 0. The highest BCUT2D eigenvalue weighted by atomic mass is 16.5. The summed E-state index contributed by atoms with van der Waals surface area (Å²) in [7, 11) is 1.66. The third-order valence-electron chi connectivity index (χ3n) is 3.43. The molecule has 0 aliphatic carbocycles. The summed E-state index contributed by atoms with van der Waals surface area (Å²) < 4.78 is 5.17. The van der Waals surface area contributed by atoms with Crippen LogP contribution in [0.25, 0.3) is 0 Å². The van der Waals surface area contributed by atoms with Crippen molar-refractivity contribution < 1.29 is 4.74 Å². The Kier molecular flexibility index (Phi) is 4.96. The Morgan fingerprint density at radius 2 is 2.39 bits per heavy atom. The Balaban J connectivity index is 1.98. The van der Waals surface area contributed by atoms with Crippen molar-refractivity contribution in [1.82, 2.24) is 15.2 Å². The van der Waals surface area contributed by atoms with E-state index in [0.717, 1.165) is 31.9 Å². The first-order valence-corrected chi connectivity index (χ1v) is 6.77. The lowest BCUT2D eigenvalue weighted by atomic mass is 10.2. The van der Waals surface area contributed by atoms with E-state index in [9.17, 15) is 0 Å². The molecule has 0 spiro atoms. The zero-order chi connectivity index (χ0) is 12.8. The van der Waals surface area contributed by atoms with Crippen molar-refractivity contribution in [1.29, 1.82) is 0 Å². The Morgan fingerprint density at radius 1 is 1.50 bits per heavy atom. The van der Waals surface area contributed by atoms with Crippen LogP contribution in [0.3, 0.4) is 0 Å². The van der Waals surface area contributed by atoms with E-state index in [1.807, 2.05) is 12.1 Å². The Morgan fingerprint density at radius 3 is 3.17 bits per heavy atom. The zero-order valence-corrected chi connectivity index (χ0v) is 11.4. The van der Waals surface area contributed by atoms with E-state index in [1.54, 1.807) is 7.11 Å². The molecule has 18 heavy (non-hydrogen) atoms. The monoisotopic (exact) mass is 249 g/mol. The summed E-state index contributed by atoms with van der Waals surface area (Å²) in [5.74, 6) is 0.701. The van der Waals surface area contributed by atoms with Gasteiger partial charge in [0.2, 0.25) is 5.88 Å². The fourth-order valence-electron chi connectivity index (χ4n) is 2.38. The van der Waals surface area contributed by atoms with Crippen LogP contribution in [-0.4, -0.2) is 42.7 Å². The predicted octanol–water partition coefficient (Wildman–Crippen LogP) is 1.66. The van der Waals surface area contributed by atoms with Crippen molar-refractivity contribution in [2.24, 2.45) is 0 Å². The van der Waals surface area contributed by atoms with E-state index in [2.05, 4.69) is 28.2 Å². The van der Waals surface area contributed by atoms with Gasteiger partial charge >= 0.3 is 0 Å². The average molecular weight is 249 g/mol. The first-order valence-electron chi connectivity index (χ1n) is 6.77. The quantitative estimate of drug-likeness (QED) is 0.880. The molecule has 100 valence electrons. The lowest BCUT2D eigenvalue weighted by Gasteiger charge is -2.23. The molecule has 4 nitrogen and oxygen atoms in total. The number of nitrogens with one attached hydrogen (secondary N) is 1. The molecule has 0 bridgehead atoms. The van der Waals surface area contributed by atoms with E-state index in [1.165, 1.54) is 12.8 Å². The fraction of sp³-hybridized carbons (Fsp3) is 0.643. The van der Waals surface area contributed by atoms with Gasteiger partial charge in [0, 0.05) is 25.2 Å². The second-order valence-electron chi connectivity index (χ2n) is 4.82. The number of pyridine rings is 1. The SMILES string of the molecule is CCC1CN(Cc2cccc(OC)n2)CCCN1. The molecular weight excluding hydrogens is 226 g/mol. The highest BCUT2D eigenvalue weighted by Crippen LogP contribution is 2.11. The number of hydrogen-bond donors (Lipinski definition) is 1. The van der Waals surface area contributed by atoms with Crippen LogP contribution < -0.4 is 10.1 Å². The van der Waals surface area contributed by atoms with Crippen molar-refractivity contribution in [2.75, 3.05) is 26.7 Å².